The summed E-state index contributed by atoms with van der Waals surface area (Å²) >= 11 is 3.48. The normalized spacial score (nSPS) is 19.4. The van der Waals surface area contributed by atoms with E-state index in [1.807, 2.05) is 32.9 Å². The predicted octanol–water partition coefficient (Wildman–Crippen LogP) is 4.15. The number of nitrogens with zero attached hydrogens (tertiary/aromatic N) is 1. The molecule has 5 heteroatoms. The highest BCUT2D eigenvalue weighted by molar-refractivity contribution is 9.10. The van der Waals surface area contributed by atoms with Crippen LogP contribution in [-0.2, 0) is 4.74 Å². The smallest absolute Gasteiger partial charge is 0.410 e. The van der Waals surface area contributed by atoms with Gasteiger partial charge in [-0.05, 0) is 57.4 Å². The van der Waals surface area contributed by atoms with Gasteiger partial charge < -0.3 is 15.4 Å². The van der Waals surface area contributed by atoms with Crippen LogP contribution in [0.25, 0.3) is 0 Å². The van der Waals surface area contributed by atoms with Crippen LogP contribution >= 0.6 is 15.9 Å². The van der Waals surface area contributed by atoms with Gasteiger partial charge in [-0.15, -0.1) is 0 Å². The summed E-state index contributed by atoms with van der Waals surface area (Å²) in [6.45, 7) is 7.11. The Bertz CT molecular complexity index is 505. The van der Waals surface area contributed by atoms with Crippen molar-refractivity contribution in [2.24, 2.45) is 0 Å². The minimum Gasteiger partial charge on any atom is -0.444 e. The van der Waals surface area contributed by atoms with Crippen molar-refractivity contribution in [1.82, 2.24) is 4.90 Å². The van der Waals surface area contributed by atoms with E-state index in [9.17, 15) is 4.79 Å². The predicted molar refractivity (Wildman–Crippen MR) is 88.3 cm³/mol. The van der Waals surface area contributed by atoms with Gasteiger partial charge in [-0.3, -0.25) is 0 Å². The second kappa shape index (κ2) is 6.26. The molecule has 1 amide bonds. The average Bonchev–Trinajstić information content (AvgIpc) is 2.36. The zero-order valence-corrected chi connectivity index (χ0v) is 14.4. The Balaban J connectivity index is 2.08. The zero-order valence-electron chi connectivity index (χ0n) is 12.9. The number of benzene rings is 1. The summed E-state index contributed by atoms with van der Waals surface area (Å²) in [7, 11) is 0. The van der Waals surface area contributed by atoms with Gasteiger partial charge in [0.2, 0.25) is 0 Å². The lowest BCUT2D eigenvalue weighted by Crippen LogP contribution is -2.42. The zero-order chi connectivity index (χ0) is 15.6. The van der Waals surface area contributed by atoms with E-state index in [4.69, 9.17) is 10.5 Å². The Morgan fingerprint density at radius 3 is 2.71 bits per heavy atom. The molecule has 2 rings (SSSR count). The van der Waals surface area contributed by atoms with Gasteiger partial charge in [0.1, 0.15) is 5.60 Å². The lowest BCUT2D eigenvalue weighted by molar-refractivity contribution is 0.0198. The fourth-order valence-electron chi connectivity index (χ4n) is 2.61. The summed E-state index contributed by atoms with van der Waals surface area (Å²) < 4.78 is 6.44. The molecule has 0 radical (unpaired) electrons. The van der Waals surface area contributed by atoms with E-state index in [0.29, 0.717) is 12.5 Å². The number of rotatable bonds is 1. The maximum atomic E-state index is 12.2. The molecule has 1 aliphatic rings. The van der Waals surface area contributed by atoms with Crippen molar-refractivity contribution < 1.29 is 9.53 Å². The van der Waals surface area contributed by atoms with Crippen LogP contribution in [0.2, 0.25) is 0 Å². The fraction of sp³-hybridized carbons (Fsp3) is 0.562. The number of likely N-dealkylation sites (tertiary alicyclic amines) is 1. The summed E-state index contributed by atoms with van der Waals surface area (Å²) in [6, 6.07) is 5.96. The molecule has 1 aromatic rings. The molecule has 0 aromatic heterocycles. The molecule has 1 aliphatic heterocycles. The number of halogens is 1. The summed E-state index contributed by atoms with van der Waals surface area (Å²) in [5.41, 5.74) is 7.37. The molecular formula is C16H23BrN2O2. The summed E-state index contributed by atoms with van der Waals surface area (Å²) in [4.78, 5) is 14.0. The number of hydrogen-bond acceptors (Lipinski definition) is 3. The molecule has 4 nitrogen and oxygen atoms in total. The quantitative estimate of drug-likeness (QED) is 0.770. The summed E-state index contributed by atoms with van der Waals surface area (Å²) in [5, 5.41) is 0. The molecule has 116 valence electrons. The number of amides is 1. The molecule has 1 fully saturated rings. The van der Waals surface area contributed by atoms with Crippen LogP contribution in [0.3, 0.4) is 0 Å². The Morgan fingerprint density at radius 1 is 1.38 bits per heavy atom. The first-order valence-electron chi connectivity index (χ1n) is 7.28. The van der Waals surface area contributed by atoms with Crippen molar-refractivity contribution in [3.63, 3.8) is 0 Å². The van der Waals surface area contributed by atoms with Gasteiger partial charge in [0, 0.05) is 29.2 Å². The van der Waals surface area contributed by atoms with E-state index in [0.717, 1.165) is 29.5 Å². The minimum absolute atomic E-state index is 0.227. The Morgan fingerprint density at radius 2 is 2.10 bits per heavy atom. The van der Waals surface area contributed by atoms with Gasteiger partial charge in [0.05, 0.1) is 0 Å². The van der Waals surface area contributed by atoms with Crippen LogP contribution in [0.4, 0.5) is 10.5 Å². The molecule has 0 aliphatic carbocycles. The van der Waals surface area contributed by atoms with E-state index in [1.165, 1.54) is 5.56 Å². The van der Waals surface area contributed by atoms with E-state index in [2.05, 4.69) is 22.0 Å². The number of hydrogen-bond donors (Lipinski definition) is 1. The Hall–Kier alpha value is -1.23. The molecule has 1 aromatic carbocycles. The third kappa shape index (κ3) is 4.63. The maximum Gasteiger partial charge on any atom is 0.410 e. The lowest BCUT2D eigenvalue weighted by atomic mass is 9.90. The number of carbonyl (C=O) groups is 1. The van der Waals surface area contributed by atoms with Crippen molar-refractivity contribution in [1.29, 1.82) is 0 Å². The first-order chi connectivity index (χ1) is 9.74. The van der Waals surface area contributed by atoms with Crippen molar-refractivity contribution >= 4 is 27.7 Å². The van der Waals surface area contributed by atoms with E-state index < -0.39 is 5.60 Å². The number of ether oxygens (including phenoxy) is 1. The van der Waals surface area contributed by atoms with Gasteiger partial charge >= 0.3 is 6.09 Å². The van der Waals surface area contributed by atoms with Crippen LogP contribution < -0.4 is 5.73 Å². The van der Waals surface area contributed by atoms with Gasteiger partial charge in [-0.1, -0.05) is 15.9 Å². The minimum atomic E-state index is -0.454. The van der Waals surface area contributed by atoms with Crippen LogP contribution in [0, 0.1) is 0 Å². The fourth-order valence-corrected chi connectivity index (χ4v) is 3.14. The lowest BCUT2D eigenvalue weighted by Gasteiger charge is -2.34. The molecular weight excluding hydrogens is 332 g/mol. The SMILES string of the molecule is CC(C)(C)OC(=O)N1CCCC(c2cc(N)cc(Br)c2)C1. The van der Waals surface area contributed by atoms with Crippen molar-refractivity contribution in [3.8, 4) is 0 Å². The molecule has 2 N–H and O–H groups in total. The highest BCUT2D eigenvalue weighted by Gasteiger charge is 2.28. The van der Waals surface area contributed by atoms with Crippen LogP contribution in [0.1, 0.15) is 45.1 Å². The van der Waals surface area contributed by atoms with E-state index in [-0.39, 0.29) is 6.09 Å². The molecule has 0 spiro atoms. The van der Waals surface area contributed by atoms with Crippen molar-refractivity contribution in [2.75, 3.05) is 18.8 Å². The number of piperidine rings is 1. The second-order valence-electron chi connectivity index (χ2n) is 6.58. The summed E-state index contributed by atoms with van der Waals surface area (Å²) in [5.74, 6) is 0.311. The van der Waals surface area contributed by atoms with E-state index >= 15 is 0 Å². The van der Waals surface area contributed by atoms with Crippen LogP contribution in [0.15, 0.2) is 22.7 Å². The molecule has 1 saturated heterocycles. The standard InChI is InChI=1S/C16H23BrN2O2/c1-16(2,3)21-15(20)19-6-4-5-11(10-19)12-7-13(17)9-14(18)8-12/h7-9,11H,4-6,10,18H2,1-3H3. The molecule has 0 saturated carbocycles. The third-order valence-electron chi connectivity index (χ3n) is 3.49. The molecule has 21 heavy (non-hydrogen) atoms. The maximum absolute atomic E-state index is 12.2. The Kier molecular flexibility index (Phi) is 4.81. The first-order valence-corrected chi connectivity index (χ1v) is 8.08. The largest absolute Gasteiger partial charge is 0.444 e. The Labute approximate surface area is 134 Å². The first kappa shape index (κ1) is 16.1. The highest BCUT2D eigenvalue weighted by atomic mass is 79.9. The van der Waals surface area contributed by atoms with Gasteiger partial charge in [-0.25, -0.2) is 4.79 Å². The highest BCUT2D eigenvalue weighted by Crippen LogP contribution is 2.31. The molecule has 1 heterocycles. The van der Waals surface area contributed by atoms with Crippen LogP contribution in [-0.4, -0.2) is 29.7 Å². The molecule has 1 unspecified atom stereocenters. The van der Waals surface area contributed by atoms with Crippen molar-refractivity contribution in [3.05, 3.63) is 28.2 Å². The number of nitrogens with two attached hydrogens (primary N) is 1. The van der Waals surface area contributed by atoms with E-state index in [1.54, 1.807) is 4.90 Å². The monoisotopic (exact) mass is 354 g/mol. The third-order valence-corrected chi connectivity index (χ3v) is 3.94. The number of carbonyl (C=O) groups excluding carboxylic acids is 1. The van der Waals surface area contributed by atoms with Gasteiger partial charge in [-0.2, -0.15) is 0 Å². The van der Waals surface area contributed by atoms with Crippen LogP contribution in [0.5, 0.6) is 0 Å². The topological polar surface area (TPSA) is 55.6 Å². The van der Waals surface area contributed by atoms with Crippen molar-refractivity contribution in [2.45, 2.75) is 45.1 Å². The summed E-state index contributed by atoms with van der Waals surface area (Å²) in [6.07, 6.45) is 1.82. The average molecular weight is 355 g/mol. The second-order valence-corrected chi connectivity index (χ2v) is 7.50. The van der Waals surface area contributed by atoms with Gasteiger partial charge in [0.15, 0.2) is 0 Å². The molecule has 0 bridgehead atoms. The van der Waals surface area contributed by atoms with Gasteiger partial charge in [0.25, 0.3) is 0 Å². The number of anilines is 1. The molecule has 1 atom stereocenters. The number of nitrogen functional groups attached to an aromatic ring is 1.